The fraction of sp³-hybridized carbons (Fsp3) is 0.263. The van der Waals surface area contributed by atoms with Gasteiger partial charge in [0.05, 0.1) is 6.54 Å². The van der Waals surface area contributed by atoms with Crippen LogP contribution in [-0.2, 0) is 22.6 Å². The quantitative estimate of drug-likeness (QED) is 0.822. The molecule has 0 aliphatic rings. The molecule has 6 heteroatoms. The first-order valence-electron chi connectivity index (χ1n) is 7.95. The van der Waals surface area contributed by atoms with Gasteiger partial charge >= 0.3 is 0 Å². The van der Waals surface area contributed by atoms with Crippen LogP contribution in [0.1, 0.15) is 18.1 Å². The van der Waals surface area contributed by atoms with E-state index in [-0.39, 0.29) is 24.2 Å². The maximum atomic E-state index is 12.8. The summed E-state index contributed by atoms with van der Waals surface area (Å²) in [6.07, 6.45) is 0.600. The zero-order chi connectivity index (χ0) is 18.2. The van der Waals surface area contributed by atoms with E-state index < -0.39 is 0 Å². The van der Waals surface area contributed by atoms with E-state index in [1.54, 1.807) is 24.3 Å². The van der Waals surface area contributed by atoms with Gasteiger partial charge in [-0.1, -0.05) is 35.9 Å². The summed E-state index contributed by atoms with van der Waals surface area (Å²) in [5.74, 6) is -0.693. The molecule has 0 heterocycles. The molecule has 0 aliphatic carbocycles. The topological polar surface area (TPSA) is 49.4 Å². The molecule has 0 aliphatic heterocycles. The van der Waals surface area contributed by atoms with Crippen molar-refractivity contribution in [2.45, 2.75) is 19.9 Å². The standard InChI is InChI=1S/C19H20ClFN2O2/c1-14(24)23(12-16-2-6-17(20)7-3-16)13-19(25)22-11-10-15-4-8-18(21)9-5-15/h2-9H,10-13H2,1H3,(H,22,25). The molecule has 132 valence electrons. The highest BCUT2D eigenvalue weighted by Crippen LogP contribution is 2.11. The monoisotopic (exact) mass is 362 g/mol. The molecule has 0 radical (unpaired) electrons. The molecule has 1 N–H and O–H groups in total. The van der Waals surface area contributed by atoms with Crippen molar-refractivity contribution in [1.82, 2.24) is 10.2 Å². The zero-order valence-corrected chi connectivity index (χ0v) is 14.7. The van der Waals surface area contributed by atoms with Crippen molar-refractivity contribution in [2.24, 2.45) is 0 Å². The van der Waals surface area contributed by atoms with Crippen LogP contribution in [0.3, 0.4) is 0 Å². The third-order valence-corrected chi connectivity index (χ3v) is 3.97. The number of halogens is 2. The number of carbonyl (C=O) groups is 2. The van der Waals surface area contributed by atoms with Crippen LogP contribution in [0.25, 0.3) is 0 Å². The zero-order valence-electron chi connectivity index (χ0n) is 14.0. The van der Waals surface area contributed by atoms with Crippen LogP contribution >= 0.6 is 11.6 Å². The Kier molecular flexibility index (Phi) is 6.95. The molecule has 2 amide bonds. The Morgan fingerprint density at radius 3 is 2.24 bits per heavy atom. The first-order valence-corrected chi connectivity index (χ1v) is 8.33. The van der Waals surface area contributed by atoms with Crippen LogP contribution in [0, 0.1) is 5.82 Å². The Hall–Kier alpha value is -2.40. The lowest BCUT2D eigenvalue weighted by Gasteiger charge is -2.20. The van der Waals surface area contributed by atoms with Crippen LogP contribution in [-0.4, -0.2) is 29.8 Å². The lowest BCUT2D eigenvalue weighted by atomic mass is 10.1. The Morgan fingerprint density at radius 2 is 1.64 bits per heavy atom. The number of nitrogens with one attached hydrogen (secondary N) is 1. The summed E-state index contributed by atoms with van der Waals surface area (Å²) < 4.78 is 12.8. The minimum Gasteiger partial charge on any atom is -0.354 e. The van der Waals surface area contributed by atoms with Crippen molar-refractivity contribution < 1.29 is 14.0 Å². The molecule has 25 heavy (non-hydrogen) atoms. The summed E-state index contributed by atoms with van der Waals surface area (Å²) in [6, 6.07) is 13.3. The average Bonchev–Trinajstić information content (AvgIpc) is 2.58. The number of benzene rings is 2. The van der Waals surface area contributed by atoms with E-state index in [2.05, 4.69) is 5.32 Å². The lowest BCUT2D eigenvalue weighted by molar-refractivity contribution is -0.134. The summed E-state index contributed by atoms with van der Waals surface area (Å²) in [7, 11) is 0. The van der Waals surface area contributed by atoms with Crippen molar-refractivity contribution >= 4 is 23.4 Å². The van der Waals surface area contributed by atoms with Gasteiger partial charge in [-0.3, -0.25) is 9.59 Å². The maximum absolute atomic E-state index is 12.8. The first-order chi connectivity index (χ1) is 11.9. The van der Waals surface area contributed by atoms with Crippen molar-refractivity contribution in [2.75, 3.05) is 13.1 Å². The number of hydrogen-bond donors (Lipinski definition) is 1. The Balaban J connectivity index is 1.82. The summed E-state index contributed by atoms with van der Waals surface area (Å²) in [5.41, 5.74) is 1.84. The molecular formula is C19H20ClFN2O2. The number of nitrogens with zero attached hydrogens (tertiary/aromatic N) is 1. The van der Waals surface area contributed by atoms with Crippen molar-refractivity contribution in [3.8, 4) is 0 Å². The predicted molar refractivity (Wildman–Crippen MR) is 95.7 cm³/mol. The summed E-state index contributed by atoms with van der Waals surface area (Å²) in [4.78, 5) is 25.3. The van der Waals surface area contributed by atoms with Crippen molar-refractivity contribution in [3.63, 3.8) is 0 Å². The summed E-state index contributed by atoms with van der Waals surface area (Å²) in [5, 5.41) is 3.40. The Labute approximate surface area is 151 Å². The molecule has 0 unspecified atom stereocenters. The highest BCUT2D eigenvalue weighted by molar-refractivity contribution is 6.30. The van der Waals surface area contributed by atoms with Gasteiger partial charge in [0, 0.05) is 25.0 Å². The summed E-state index contributed by atoms with van der Waals surface area (Å²) in [6.45, 7) is 2.19. The molecule has 0 saturated carbocycles. The summed E-state index contributed by atoms with van der Waals surface area (Å²) >= 11 is 5.85. The van der Waals surface area contributed by atoms with Crippen molar-refractivity contribution in [1.29, 1.82) is 0 Å². The third kappa shape index (κ3) is 6.55. The molecule has 2 rings (SSSR count). The minimum absolute atomic E-state index is 0.0125. The second-order valence-electron chi connectivity index (χ2n) is 5.73. The molecule has 0 aromatic heterocycles. The van der Waals surface area contributed by atoms with E-state index in [1.165, 1.54) is 24.0 Å². The smallest absolute Gasteiger partial charge is 0.239 e. The fourth-order valence-corrected chi connectivity index (χ4v) is 2.44. The molecule has 2 aromatic rings. The van der Waals surface area contributed by atoms with Crippen LogP contribution < -0.4 is 5.32 Å². The Morgan fingerprint density at radius 1 is 1.04 bits per heavy atom. The normalized spacial score (nSPS) is 10.4. The SMILES string of the molecule is CC(=O)N(CC(=O)NCCc1ccc(F)cc1)Cc1ccc(Cl)cc1. The molecule has 0 spiro atoms. The predicted octanol–water partition coefficient (Wildman–Crippen LogP) is 3.19. The number of carbonyl (C=O) groups excluding carboxylic acids is 2. The van der Waals surface area contributed by atoms with E-state index in [1.807, 2.05) is 12.1 Å². The Bertz CT molecular complexity index is 717. The third-order valence-electron chi connectivity index (χ3n) is 3.72. The largest absolute Gasteiger partial charge is 0.354 e. The highest BCUT2D eigenvalue weighted by Gasteiger charge is 2.14. The van der Waals surface area contributed by atoms with E-state index >= 15 is 0 Å². The second-order valence-corrected chi connectivity index (χ2v) is 6.16. The van der Waals surface area contributed by atoms with Crippen molar-refractivity contribution in [3.05, 3.63) is 70.5 Å². The van der Waals surface area contributed by atoms with Gasteiger partial charge < -0.3 is 10.2 Å². The van der Waals surface area contributed by atoms with E-state index in [9.17, 15) is 14.0 Å². The van der Waals surface area contributed by atoms with Crippen LogP contribution in [0.5, 0.6) is 0 Å². The molecule has 0 bridgehead atoms. The number of hydrogen-bond acceptors (Lipinski definition) is 2. The highest BCUT2D eigenvalue weighted by atomic mass is 35.5. The number of rotatable bonds is 7. The number of amides is 2. The molecule has 2 aromatic carbocycles. The van der Waals surface area contributed by atoms with Gasteiger partial charge in [-0.25, -0.2) is 4.39 Å². The van der Waals surface area contributed by atoms with Gasteiger partial charge in [-0.15, -0.1) is 0 Å². The van der Waals surface area contributed by atoms with Crippen LogP contribution in [0.15, 0.2) is 48.5 Å². The second kappa shape index (κ2) is 9.18. The van der Waals surface area contributed by atoms with E-state index in [0.29, 0.717) is 24.5 Å². The maximum Gasteiger partial charge on any atom is 0.239 e. The van der Waals surface area contributed by atoms with Crippen LogP contribution in [0.4, 0.5) is 4.39 Å². The van der Waals surface area contributed by atoms with Gasteiger partial charge in [0.15, 0.2) is 0 Å². The van der Waals surface area contributed by atoms with E-state index in [0.717, 1.165) is 11.1 Å². The van der Waals surface area contributed by atoms with Gasteiger partial charge in [0.1, 0.15) is 5.82 Å². The minimum atomic E-state index is -0.285. The lowest BCUT2D eigenvalue weighted by Crippen LogP contribution is -2.39. The molecule has 4 nitrogen and oxygen atoms in total. The van der Waals surface area contributed by atoms with Crippen LogP contribution in [0.2, 0.25) is 5.02 Å². The van der Waals surface area contributed by atoms with Gasteiger partial charge in [0.25, 0.3) is 0 Å². The molecule has 0 saturated heterocycles. The van der Waals surface area contributed by atoms with Gasteiger partial charge in [0.2, 0.25) is 11.8 Å². The molecular weight excluding hydrogens is 343 g/mol. The molecule has 0 fully saturated rings. The van der Waals surface area contributed by atoms with Gasteiger partial charge in [-0.05, 0) is 41.8 Å². The molecule has 0 atom stereocenters. The van der Waals surface area contributed by atoms with Gasteiger partial charge in [-0.2, -0.15) is 0 Å². The van der Waals surface area contributed by atoms with E-state index in [4.69, 9.17) is 11.6 Å². The fourth-order valence-electron chi connectivity index (χ4n) is 2.32. The average molecular weight is 363 g/mol. The first kappa shape index (κ1) is 18.9.